The van der Waals surface area contributed by atoms with Gasteiger partial charge >= 0.3 is 0 Å². The van der Waals surface area contributed by atoms with Crippen LogP contribution in [0.3, 0.4) is 0 Å². The maximum Gasteiger partial charge on any atom is 0.252 e. The van der Waals surface area contributed by atoms with Crippen LogP contribution in [0, 0.1) is 5.92 Å². The van der Waals surface area contributed by atoms with Crippen LogP contribution in [-0.2, 0) is 14.3 Å². The number of benzene rings is 2. The Bertz CT molecular complexity index is 1040. The Balaban J connectivity index is 1.40. The number of nitrogens with one attached hydrogen (secondary N) is 1. The zero-order chi connectivity index (χ0) is 22.8. The maximum atomic E-state index is 13.8. The van der Waals surface area contributed by atoms with Crippen molar-refractivity contribution in [1.29, 1.82) is 0 Å². The molecule has 2 heterocycles. The number of hydrogen-bond acceptors (Lipinski definition) is 4. The van der Waals surface area contributed by atoms with Crippen molar-refractivity contribution in [3.8, 4) is 0 Å². The number of carbonyl (C=O) groups excluding carboxylic acids is 3. The average Bonchev–Trinajstić information content (AvgIpc) is 3.24. The van der Waals surface area contributed by atoms with E-state index >= 15 is 0 Å². The fourth-order valence-corrected chi connectivity index (χ4v) is 5.88. The molecule has 33 heavy (non-hydrogen) atoms. The van der Waals surface area contributed by atoms with Gasteiger partial charge in [0.25, 0.3) is 5.91 Å². The summed E-state index contributed by atoms with van der Waals surface area (Å²) >= 11 is 0. The van der Waals surface area contributed by atoms with Gasteiger partial charge in [0.05, 0.1) is 6.10 Å². The van der Waals surface area contributed by atoms with E-state index in [1.807, 2.05) is 42.5 Å². The third-order valence-corrected chi connectivity index (χ3v) is 7.56. The zero-order valence-electron chi connectivity index (χ0n) is 19.0. The molecule has 1 N–H and O–H groups in total. The molecule has 2 aromatic rings. The highest BCUT2D eigenvalue weighted by molar-refractivity contribution is 6.08. The molecule has 0 bridgehead atoms. The van der Waals surface area contributed by atoms with Gasteiger partial charge in [-0.25, -0.2) is 0 Å². The van der Waals surface area contributed by atoms with Crippen molar-refractivity contribution in [1.82, 2.24) is 10.2 Å². The predicted octanol–water partition coefficient (Wildman–Crippen LogP) is 3.87. The summed E-state index contributed by atoms with van der Waals surface area (Å²) in [6, 6.07) is 12.3. The van der Waals surface area contributed by atoms with Gasteiger partial charge in [0.1, 0.15) is 18.7 Å². The van der Waals surface area contributed by atoms with E-state index in [1.54, 1.807) is 4.90 Å². The van der Waals surface area contributed by atoms with E-state index < -0.39 is 12.1 Å². The first-order valence-electron chi connectivity index (χ1n) is 12.4. The van der Waals surface area contributed by atoms with E-state index in [1.165, 1.54) is 19.3 Å². The molecule has 0 spiro atoms. The largest absolute Gasteiger partial charge is 0.368 e. The fraction of sp³-hybridized carbons (Fsp3) is 0.519. The Kier molecular flexibility index (Phi) is 6.45. The number of likely N-dealkylation sites (tertiary alicyclic amines) is 1. The molecule has 0 radical (unpaired) electrons. The highest BCUT2D eigenvalue weighted by atomic mass is 16.5. The smallest absolute Gasteiger partial charge is 0.252 e. The number of rotatable bonds is 5. The van der Waals surface area contributed by atoms with Crippen LogP contribution in [0.25, 0.3) is 10.8 Å². The summed E-state index contributed by atoms with van der Waals surface area (Å²) in [6.45, 7) is 0.620. The second kappa shape index (κ2) is 9.64. The second-order valence-corrected chi connectivity index (χ2v) is 9.73. The summed E-state index contributed by atoms with van der Waals surface area (Å²) < 4.78 is 5.65. The van der Waals surface area contributed by atoms with Gasteiger partial charge in [0.15, 0.2) is 5.78 Å². The van der Waals surface area contributed by atoms with Gasteiger partial charge in [-0.3, -0.25) is 14.4 Å². The van der Waals surface area contributed by atoms with E-state index in [0.717, 1.165) is 36.5 Å². The van der Waals surface area contributed by atoms with Gasteiger partial charge in [0, 0.05) is 12.1 Å². The first-order chi connectivity index (χ1) is 16.1. The van der Waals surface area contributed by atoms with Crippen LogP contribution in [0.1, 0.15) is 61.7 Å². The fourth-order valence-electron chi connectivity index (χ4n) is 5.88. The topological polar surface area (TPSA) is 75.7 Å². The molecule has 1 aliphatic carbocycles. The number of fused-ring (bicyclic) bond motifs is 2. The van der Waals surface area contributed by atoms with E-state index in [0.29, 0.717) is 24.4 Å². The molecule has 2 saturated heterocycles. The van der Waals surface area contributed by atoms with Crippen molar-refractivity contribution >= 4 is 28.4 Å². The molecule has 3 fully saturated rings. The SMILES string of the molecule is O=C(NC(CC1CCCCC1)C(=O)N1CCCC2OCC(=O)C21)c1cccc2ccccc12. The van der Waals surface area contributed by atoms with Gasteiger partial charge in [0.2, 0.25) is 5.91 Å². The van der Waals surface area contributed by atoms with E-state index in [2.05, 4.69) is 5.32 Å². The number of carbonyl (C=O) groups is 3. The first kappa shape index (κ1) is 22.1. The molecular formula is C27H32N2O4. The van der Waals surface area contributed by atoms with E-state index in [-0.39, 0.29) is 30.3 Å². The minimum atomic E-state index is -0.633. The van der Waals surface area contributed by atoms with Crippen molar-refractivity contribution in [2.24, 2.45) is 5.92 Å². The van der Waals surface area contributed by atoms with Crippen LogP contribution in [0.4, 0.5) is 0 Å². The average molecular weight is 449 g/mol. The Hall–Kier alpha value is -2.73. The van der Waals surface area contributed by atoms with Gasteiger partial charge in [-0.05, 0) is 42.0 Å². The normalized spacial score (nSPS) is 24.5. The highest BCUT2D eigenvalue weighted by Gasteiger charge is 2.46. The number of amides is 2. The maximum absolute atomic E-state index is 13.8. The summed E-state index contributed by atoms with van der Waals surface area (Å²) in [4.78, 5) is 41.4. The highest BCUT2D eigenvalue weighted by Crippen LogP contribution is 2.31. The number of piperidine rings is 1. The third-order valence-electron chi connectivity index (χ3n) is 7.56. The lowest BCUT2D eigenvalue weighted by molar-refractivity contribution is -0.142. The number of ether oxygens (including phenoxy) is 1. The summed E-state index contributed by atoms with van der Waals surface area (Å²) in [5.41, 5.74) is 0.575. The molecule has 0 aromatic heterocycles. The molecule has 3 unspecified atom stereocenters. The minimum Gasteiger partial charge on any atom is -0.368 e. The number of Topliss-reactive ketones (excluding diaryl/α,β-unsaturated/α-hetero) is 1. The van der Waals surface area contributed by atoms with Crippen molar-refractivity contribution in [3.63, 3.8) is 0 Å². The molecule has 2 aromatic carbocycles. The van der Waals surface area contributed by atoms with Crippen LogP contribution in [-0.4, -0.2) is 53.8 Å². The molecular weight excluding hydrogens is 416 g/mol. The standard InChI is InChI=1S/C27H32N2O4/c30-23-17-33-24-14-7-15-29(25(23)24)27(32)22(16-18-8-2-1-3-9-18)28-26(31)21-13-6-11-19-10-4-5-12-20(19)21/h4-6,10-13,18,22,24-25H,1-3,7-9,14-17H2,(H,28,31). The lowest BCUT2D eigenvalue weighted by atomic mass is 9.84. The van der Waals surface area contributed by atoms with Gasteiger partial charge in [-0.15, -0.1) is 0 Å². The predicted molar refractivity (Wildman–Crippen MR) is 126 cm³/mol. The number of nitrogens with zero attached hydrogens (tertiary/aromatic N) is 1. The van der Waals surface area contributed by atoms with Crippen LogP contribution in [0.5, 0.6) is 0 Å². The Morgan fingerprint density at radius 3 is 2.64 bits per heavy atom. The number of ketones is 1. The Morgan fingerprint density at radius 1 is 1.00 bits per heavy atom. The molecule has 174 valence electrons. The van der Waals surface area contributed by atoms with Crippen LogP contribution in [0.2, 0.25) is 0 Å². The van der Waals surface area contributed by atoms with Crippen molar-refractivity contribution in [2.45, 2.75) is 69.6 Å². The quantitative estimate of drug-likeness (QED) is 0.754. The van der Waals surface area contributed by atoms with Gasteiger partial charge < -0.3 is 15.0 Å². The molecule has 2 amide bonds. The molecule has 3 atom stereocenters. The second-order valence-electron chi connectivity index (χ2n) is 9.73. The molecule has 6 heteroatoms. The number of hydrogen-bond donors (Lipinski definition) is 1. The van der Waals surface area contributed by atoms with Crippen LogP contribution < -0.4 is 5.32 Å². The van der Waals surface area contributed by atoms with Gasteiger partial charge in [-0.1, -0.05) is 68.5 Å². The minimum absolute atomic E-state index is 0.0233. The van der Waals surface area contributed by atoms with Crippen molar-refractivity contribution < 1.29 is 19.1 Å². The van der Waals surface area contributed by atoms with Crippen molar-refractivity contribution in [3.05, 3.63) is 48.0 Å². The lowest BCUT2D eigenvalue weighted by Gasteiger charge is -2.38. The summed E-state index contributed by atoms with van der Waals surface area (Å²) in [5.74, 6) is 0.0210. The molecule has 5 rings (SSSR count). The Morgan fingerprint density at radius 2 is 1.79 bits per heavy atom. The lowest BCUT2D eigenvalue weighted by Crippen LogP contribution is -2.58. The molecule has 2 aliphatic heterocycles. The zero-order valence-corrected chi connectivity index (χ0v) is 19.0. The molecule has 3 aliphatic rings. The van der Waals surface area contributed by atoms with Crippen molar-refractivity contribution in [2.75, 3.05) is 13.2 Å². The van der Waals surface area contributed by atoms with Crippen LogP contribution in [0.15, 0.2) is 42.5 Å². The van der Waals surface area contributed by atoms with Gasteiger partial charge in [-0.2, -0.15) is 0 Å². The Labute approximate surface area is 194 Å². The monoisotopic (exact) mass is 448 g/mol. The van der Waals surface area contributed by atoms with E-state index in [9.17, 15) is 14.4 Å². The first-order valence-corrected chi connectivity index (χ1v) is 12.4. The molecule has 6 nitrogen and oxygen atoms in total. The third kappa shape index (κ3) is 4.54. The summed E-state index contributed by atoms with van der Waals surface area (Å²) in [7, 11) is 0. The molecule has 1 saturated carbocycles. The summed E-state index contributed by atoms with van der Waals surface area (Å²) in [6.07, 6.45) is 7.78. The summed E-state index contributed by atoms with van der Waals surface area (Å²) in [5, 5.41) is 4.95. The van der Waals surface area contributed by atoms with E-state index in [4.69, 9.17) is 4.74 Å². The van der Waals surface area contributed by atoms with Crippen LogP contribution >= 0.6 is 0 Å².